The monoisotopic (exact) mass is 356 g/mol. The number of anilines is 3. The molecule has 0 radical (unpaired) electrons. The Bertz CT molecular complexity index is 793. The fourth-order valence-electron chi connectivity index (χ4n) is 2.86. The zero-order chi connectivity index (χ0) is 18.7. The number of ether oxygens (including phenoxy) is 1. The number of aryl methyl sites for hydroxylation is 1. The summed E-state index contributed by atoms with van der Waals surface area (Å²) in [5.41, 5.74) is 8.40. The number of carbonyl (C=O) groups is 1. The predicted molar refractivity (Wildman–Crippen MR) is 100 cm³/mol. The van der Waals surface area contributed by atoms with Gasteiger partial charge in [-0.25, -0.2) is 0 Å². The standard InChI is InChI=1S/C18H24N6O2/c1-4-5-12(3)26-18-22-16(19)15-17(23-18)24(10-14(25)21-15)9-13-7-6-11(2)20-8-13/h6-8,12H,4-5,9-10H2,1-3H3,(H,21,25)(H2,19,22,23)/t12-/m0/s1. The number of nitrogen functional groups attached to an aromatic ring is 1. The topological polar surface area (TPSA) is 106 Å². The second-order valence-corrected chi connectivity index (χ2v) is 6.52. The molecule has 0 saturated carbocycles. The number of rotatable bonds is 6. The van der Waals surface area contributed by atoms with Crippen LogP contribution < -0.4 is 20.7 Å². The molecule has 1 aliphatic heterocycles. The summed E-state index contributed by atoms with van der Waals surface area (Å²) >= 11 is 0. The van der Waals surface area contributed by atoms with Crippen molar-refractivity contribution < 1.29 is 9.53 Å². The molecule has 0 bridgehead atoms. The SMILES string of the molecule is CCC[C@H](C)Oc1nc(N)c2c(n1)N(Cc1ccc(C)nc1)CC(=O)N2. The van der Waals surface area contributed by atoms with Crippen molar-refractivity contribution in [1.29, 1.82) is 0 Å². The first kappa shape index (κ1) is 17.9. The van der Waals surface area contributed by atoms with Crippen molar-refractivity contribution in [2.75, 3.05) is 22.5 Å². The maximum absolute atomic E-state index is 12.1. The fourth-order valence-corrected chi connectivity index (χ4v) is 2.86. The van der Waals surface area contributed by atoms with E-state index >= 15 is 0 Å². The van der Waals surface area contributed by atoms with Crippen LogP contribution in [0.1, 0.15) is 37.9 Å². The summed E-state index contributed by atoms with van der Waals surface area (Å²) < 4.78 is 5.79. The van der Waals surface area contributed by atoms with Crippen LogP contribution in [-0.4, -0.2) is 33.5 Å². The van der Waals surface area contributed by atoms with Gasteiger partial charge < -0.3 is 20.7 Å². The highest BCUT2D eigenvalue weighted by molar-refractivity contribution is 6.03. The highest BCUT2D eigenvalue weighted by atomic mass is 16.5. The Balaban J connectivity index is 1.90. The van der Waals surface area contributed by atoms with Crippen LogP contribution in [0.2, 0.25) is 0 Å². The lowest BCUT2D eigenvalue weighted by molar-refractivity contribution is -0.115. The molecule has 2 aromatic rings. The molecule has 2 aromatic heterocycles. The number of fused-ring (bicyclic) bond motifs is 1. The Hall–Kier alpha value is -2.90. The molecule has 3 heterocycles. The minimum Gasteiger partial charge on any atom is -0.460 e. The number of pyridine rings is 1. The van der Waals surface area contributed by atoms with E-state index in [9.17, 15) is 4.79 Å². The normalized spacial score (nSPS) is 14.6. The van der Waals surface area contributed by atoms with Crippen LogP contribution in [0.4, 0.5) is 17.3 Å². The Labute approximate surface area is 152 Å². The first-order valence-corrected chi connectivity index (χ1v) is 8.76. The van der Waals surface area contributed by atoms with E-state index in [-0.39, 0.29) is 30.4 Å². The van der Waals surface area contributed by atoms with Crippen LogP contribution in [0.15, 0.2) is 18.3 Å². The number of amides is 1. The van der Waals surface area contributed by atoms with E-state index in [1.54, 1.807) is 6.20 Å². The van der Waals surface area contributed by atoms with E-state index in [4.69, 9.17) is 10.5 Å². The Morgan fingerprint density at radius 3 is 2.88 bits per heavy atom. The van der Waals surface area contributed by atoms with Gasteiger partial charge in [0.2, 0.25) is 5.91 Å². The maximum Gasteiger partial charge on any atom is 0.320 e. The van der Waals surface area contributed by atoms with Crippen LogP contribution in [0.5, 0.6) is 6.01 Å². The molecule has 138 valence electrons. The van der Waals surface area contributed by atoms with Crippen molar-refractivity contribution in [3.05, 3.63) is 29.6 Å². The van der Waals surface area contributed by atoms with E-state index < -0.39 is 0 Å². The number of nitrogens with one attached hydrogen (secondary N) is 1. The van der Waals surface area contributed by atoms with Crippen molar-refractivity contribution in [2.45, 2.75) is 46.3 Å². The summed E-state index contributed by atoms with van der Waals surface area (Å²) in [5.74, 6) is 0.617. The van der Waals surface area contributed by atoms with Crippen molar-refractivity contribution in [3.63, 3.8) is 0 Å². The Kier molecular flexibility index (Phi) is 5.20. The zero-order valence-electron chi connectivity index (χ0n) is 15.3. The maximum atomic E-state index is 12.1. The van der Waals surface area contributed by atoms with Crippen molar-refractivity contribution in [3.8, 4) is 6.01 Å². The summed E-state index contributed by atoms with van der Waals surface area (Å²) in [6.45, 7) is 6.67. The third kappa shape index (κ3) is 4.01. The van der Waals surface area contributed by atoms with Gasteiger partial charge in [0.05, 0.1) is 12.6 Å². The van der Waals surface area contributed by atoms with E-state index in [1.165, 1.54) is 0 Å². The van der Waals surface area contributed by atoms with Gasteiger partial charge in [0.1, 0.15) is 5.69 Å². The number of aromatic nitrogens is 3. The van der Waals surface area contributed by atoms with E-state index in [1.807, 2.05) is 30.9 Å². The molecule has 0 saturated heterocycles. The third-order valence-electron chi connectivity index (χ3n) is 4.14. The highest BCUT2D eigenvalue weighted by Crippen LogP contribution is 2.34. The second-order valence-electron chi connectivity index (χ2n) is 6.52. The minimum atomic E-state index is -0.152. The molecule has 1 amide bonds. The summed E-state index contributed by atoms with van der Waals surface area (Å²) in [5, 5.41) is 2.76. The summed E-state index contributed by atoms with van der Waals surface area (Å²) in [6, 6.07) is 4.15. The van der Waals surface area contributed by atoms with E-state index in [2.05, 4.69) is 27.2 Å². The zero-order valence-corrected chi connectivity index (χ0v) is 15.3. The molecular weight excluding hydrogens is 332 g/mol. The predicted octanol–water partition coefficient (Wildman–Crippen LogP) is 2.29. The van der Waals surface area contributed by atoms with Gasteiger partial charge in [0.25, 0.3) is 0 Å². The van der Waals surface area contributed by atoms with Gasteiger partial charge >= 0.3 is 6.01 Å². The first-order chi connectivity index (χ1) is 12.5. The molecule has 8 nitrogen and oxygen atoms in total. The molecule has 0 fully saturated rings. The fraction of sp³-hybridized carbons (Fsp3) is 0.444. The summed E-state index contributed by atoms with van der Waals surface area (Å²) in [6.07, 6.45) is 3.69. The summed E-state index contributed by atoms with van der Waals surface area (Å²) in [7, 11) is 0. The smallest absolute Gasteiger partial charge is 0.320 e. The molecule has 0 spiro atoms. The van der Waals surface area contributed by atoms with E-state index in [0.29, 0.717) is 18.1 Å². The van der Waals surface area contributed by atoms with Crippen molar-refractivity contribution in [2.24, 2.45) is 0 Å². The van der Waals surface area contributed by atoms with Crippen molar-refractivity contribution >= 4 is 23.2 Å². The van der Waals surface area contributed by atoms with Gasteiger partial charge in [-0.2, -0.15) is 9.97 Å². The number of hydrogen-bond donors (Lipinski definition) is 2. The molecule has 0 aliphatic carbocycles. The van der Waals surface area contributed by atoms with Gasteiger partial charge in [-0.3, -0.25) is 9.78 Å². The average molecular weight is 356 g/mol. The lowest BCUT2D eigenvalue weighted by Crippen LogP contribution is -2.39. The summed E-state index contributed by atoms with van der Waals surface area (Å²) in [4.78, 5) is 26.9. The Morgan fingerprint density at radius 1 is 1.38 bits per heavy atom. The molecule has 8 heteroatoms. The first-order valence-electron chi connectivity index (χ1n) is 8.76. The number of nitrogens with zero attached hydrogens (tertiary/aromatic N) is 4. The van der Waals surface area contributed by atoms with Crippen LogP contribution in [0, 0.1) is 6.92 Å². The molecular formula is C18H24N6O2. The molecule has 3 rings (SSSR count). The lowest BCUT2D eigenvalue weighted by Gasteiger charge is -2.30. The van der Waals surface area contributed by atoms with Crippen molar-refractivity contribution in [1.82, 2.24) is 15.0 Å². The molecule has 0 unspecified atom stereocenters. The molecule has 1 aliphatic rings. The molecule has 1 atom stereocenters. The highest BCUT2D eigenvalue weighted by Gasteiger charge is 2.27. The van der Waals surface area contributed by atoms with Gasteiger partial charge in [-0.05, 0) is 31.9 Å². The minimum absolute atomic E-state index is 0.00891. The molecule has 3 N–H and O–H groups in total. The largest absolute Gasteiger partial charge is 0.460 e. The van der Waals surface area contributed by atoms with Crippen LogP contribution in [0.25, 0.3) is 0 Å². The van der Waals surface area contributed by atoms with Crippen LogP contribution >= 0.6 is 0 Å². The molecule has 26 heavy (non-hydrogen) atoms. The average Bonchev–Trinajstić information content (AvgIpc) is 2.58. The Morgan fingerprint density at radius 2 is 2.19 bits per heavy atom. The van der Waals surface area contributed by atoms with Crippen LogP contribution in [-0.2, 0) is 11.3 Å². The van der Waals surface area contributed by atoms with Crippen LogP contribution in [0.3, 0.4) is 0 Å². The van der Waals surface area contributed by atoms with Gasteiger partial charge in [-0.1, -0.05) is 19.4 Å². The number of hydrogen-bond acceptors (Lipinski definition) is 7. The third-order valence-corrected chi connectivity index (χ3v) is 4.14. The quantitative estimate of drug-likeness (QED) is 0.818. The van der Waals surface area contributed by atoms with Gasteiger partial charge in [-0.15, -0.1) is 0 Å². The molecule has 0 aromatic carbocycles. The second kappa shape index (κ2) is 7.55. The van der Waals surface area contributed by atoms with E-state index in [0.717, 1.165) is 24.1 Å². The number of nitrogens with two attached hydrogens (primary N) is 1. The van der Waals surface area contributed by atoms with Gasteiger partial charge in [0.15, 0.2) is 11.6 Å². The van der Waals surface area contributed by atoms with Gasteiger partial charge in [0, 0.05) is 18.4 Å². The number of carbonyl (C=O) groups excluding carboxylic acids is 1. The lowest BCUT2D eigenvalue weighted by atomic mass is 10.2.